The van der Waals surface area contributed by atoms with Crippen LogP contribution in [0.3, 0.4) is 0 Å². The van der Waals surface area contributed by atoms with Crippen LogP contribution in [0.15, 0.2) is 36.4 Å². The molecule has 17 heavy (non-hydrogen) atoms. The van der Waals surface area contributed by atoms with Crippen molar-refractivity contribution in [3.63, 3.8) is 0 Å². The molecule has 0 saturated carbocycles. The van der Waals surface area contributed by atoms with Gasteiger partial charge in [-0.2, -0.15) is 0 Å². The summed E-state index contributed by atoms with van der Waals surface area (Å²) in [5.74, 6) is -0.924. The molecule has 0 spiro atoms. The molecule has 0 bridgehead atoms. The normalized spacial score (nSPS) is 14.1. The lowest BCUT2D eigenvalue weighted by Crippen LogP contribution is -2.16. The van der Waals surface area contributed by atoms with Gasteiger partial charge in [0.05, 0.1) is 0 Å². The Kier molecular flexibility index (Phi) is 1.89. The zero-order chi connectivity index (χ0) is 12.0. The predicted octanol–water partition coefficient (Wildman–Crippen LogP) is 2.20. The maximum absolute atomic E-state index is 11.7. The summed E-state index contributed by atoms with van der Waals surface area (Å²) >= 11 is 0. The van der Waals surface area contributed by atoms with Crippen molar-refractivity contribution >= 4 is 34.1 Å². The van der Waals surface area contributed by atoms with Crippen LogP contribution in [0.4, 0.5) is 5.69 Å². The molecule has 82 valence electrons. The molecule has 0 atom stereocenters. The number of fused-ring (bicyclic) bond motifs is 2. The zero-order valence-electron chi connectivity index (χ0n) is 8.94. The lowest BCUT2D eigenvalue weighted by Gasteiger charge is -2.11. The van der Waals surface area contributed by atoms with Crippen molar-refractivity contribution in [2.75, 3.05) is 5.73 Å². The average molecular weight is 223 g/mol. The molecule has 0 unspecified atom stereocenters. The van der Waals surface area contributed by atoms with E-state index >= 15 is 0 Å². The van der Waals surface area contributed by atoms with Gasteiger partial charge in [-0.05, 0) is 35.2 Å². The van der Waals surface area contributed by atoms with Gasteiger partial charge in [0, 0.05) is 16.6 Å². The van der Waals surface area contributed by atoms with Crippen molar-refractivity contribution in [3.8, 4) is 0 Å². The Morgan fingerprint density at radius 1 is 1.00 bits per heavy atom. The van der Waals surface area contributed by atoms with Crippen LogP contribution in [0, 0.1) is 0 Å². The number of rotatable bonds is 0. The Bertz CT molecular complexity index is 699. The molecule has 1 aliphatic rings. The topological polar surface area (TPSA) is 60.2 Å². The molecule has 0 aromatic heterocycles. The standard InChI is InChI=1S/C14H9NO2/c15-12-3-1-2-8-7-11-9(6-10(8)12)4-5-13(16)14(11)17/h1-7H,15H2. The number of hydrogen-bond donors (Lipinski definition) is 1. The molecule has 0 fully saturated rings. The van der Waals surface area contributed by atoms with Gasteiger partial charge in [0.25, 0.3) is 0 Å². The first-order valence-corrected chi connectivity index (χ1v) is 5.26. The van der Waals surface area contributed by atoms with E-state index in [1.165, 1.54) is 6.08 Å². The highest BCUT2D eigenvalue weighted by molar-refractivity contribution is 6.50. The summed E-state index contributed by atoms with van der Waals surface area (Å²) < 4.78 is 0. The zero-order valence-corrected chi connectivity index (χ0v) is 8.94. The minimum absolute atomic E-state index is 0.452. The van der Waals surface area contributed by atoms with E-state index in [1.807, 2.05) is 24.3 Å². The third-order valence-electron chi connectivity index (χ3n) is 2.97. The SMILES string of the molecule is Nc1cccc2cc3c(cc12)C=CC(=O)C3=O. The van der Waals surface area contributed by atoms with Crippen molar-refractivity contribution in [2.45, 2.75) is 0 Å². The molecular weight excluding hydrogens is 214 g/mol. The molecule has 3 rings (SSSR count). The van der Waals surface area contributed by atoms with Gasteiger partial charge in [-0.3, -0.25) is 9.59 Å². The number of carbonyl (C=O) groups is 2. The Balaban J connectivity index is 2.39. The quantitative estimate of drug-likeness (QED) is 0.550. The fourth-order valence-electron chi connectivity index (χ4n) is 2.07. The molecule has 3 heteroatoms. The summed E-state index contributed by atoms with van der Waals surface area (Å²) in [6.45, 7) is 0. The molecular formula is C14H9NO2. The molecule has 0 saturated heterocycles. The van der Waals surface area contributed by atoms with E-state index in [2.05, 4.69) is 0 Å². The summed E-state index contributed by atoms with van der Waals surface area (Å²) in [4.78, 5) is 23.0. The van der Waals surface area contributed by atoms with Crippen LogP contribution < -0.4 is 5.73 Å². The van der Waals surface area contributed by atoms with E-state index in [9.17, 15) is 9.59 Å². The number of allylic oxidation sites excluding steroid dienone is 1. The Morgan fingerprint density at radius 3 is 2.65 bits per heavy atom. The van der Waals surface area contributed by atoms with Gasteiger partial charge in [0.1, 0.15) is 0 Å². The van der Waals surface area contributed by atoms with E-state index in [-0.39, 0.29) is 0 Å². The number of hydrogen-bond acceptors (Lipinski definition) is 3. The molecule has 0 amide bonds. The van der Waals surface area contributed by atoms with Gasteiger partial charge in [-0.15, -0.1) is 0 Å². The first-order chi connectivity index (χ1) is 8.16. The maximum Gasteiger partial charge on any atom is 0.233 e. The smallest absolute Gasteiger partial charge is 0.233 e. The minimum Gasteiger partial charge on any atom is -0.398 e. The average Bonchev–Trinajstić information content (AvgIpc) is 2.33. The van der Waals surface area contributed by atoms with Gasteiger partial charge in [0.2, 0.25) is 11.6 Å². The fraction of sp³-hybridized carbons (Fsp3) is 0. The van der Waals surface area contributed by atoms with E-state index in [0.29, 0.717) is 11.3 Å². The van der Waals surface area contributed by atoms with Crippen LogP contribution in [-0.2, 0) is 4.79 Å². The third kappa shape index (κ3) is 1.36. The number of benzene rings is 2. The Labute approximate surface area is 97.5 Å². The van der Waals surface area contributed by atoms with E-state index < -0.39 is 11.6 Å². The number of Topliss-reactive ketones (excluding diaryl/α,β-unsaturated/α-hetero) is 1. The van der Waals surface area contributed by atoms with Gasteiger partial charge < -0.3 is 5.73 Å². The van der Waals surface area contributed by atoms with E-state index in [1.54, 1.807) is 12.1 Å². The van der Waals surface area contributed by atoms with Crippen LogP contribution in [0.2, 0.25) is 0 Å². The second kappa shape index (κ2) is 3.28. The van der Waals surface area contributed by atoms with Crippen molar-refractivity contribution < 1.29 is 9.59 Å². The molecule has 0 aliphatic heterocycles. The van der Waals surface area contributed by atoms with Gasteiger partial charge in [0.15, 0.2) is 0 Å². The summed E-state index contributed by atoms with van der Waals surface area (Å²) in [7, 11) is 0. The number of anilines is 1. The molecule has 0 radical (unpaired) electrons. The minimum atomic E-state index is -0.472. The number of nitrogens with two attached hydrogens (primary N) is 1. The maximum atomic E-state index is 11.7. The van der Waals surface area contributed by atoms with Crippen molar-refractivity contribution in [3.05, 3.63) is 47.5 Å². The number of carbonyl (C=O) groups excluding carboxylic acids is 2. The molecule has 3 nitrogen and oxygen atoms in total. The molecule has 2 aromatic rings. The largest absolute Gasteiger partial charge is 0.398 e. The lowest BCUT2D eigenvalue weighted by atomic mass is 9.92. The first kappa shape index (κ1) is 9.78. The molecule has 2 aromatic carbocycles. The highest BCUT2D eigenvalue weighted by Crippen LogP contribution is 2.27. The molecule has 0 heterocycles. The van der Waals surface area contributed by atoms with Gasteiger partial charge in [-0.1, -0.05) is 18.2 Å². The van der Waals surface area contributed by atoms with Crippen LogP contribution >= 0.6 is 0 Å². The van der Waals surface area contributed by atoms with E-state index in [4.69, 9.17) is 5.73 Å². The van der Waals surface area contributed by atoms with E-state index in [0.717, 1.165) is 16.3 Å². The fourth-order valence-corrected chi connectivity index (χ4v) is 2.07. The number of nitrogen functional groups attached to an aromatic ring is 1. The first-order valence-electron chi connectivity index (χ1n) is 5.26. The van der Waals surface area contributed by atoms with Crippen LogP contribution in [-0.4, -0.2) is 11.6 Å². The van der Waals surface area contributed by atoms with Gasteiger partial charge >= 0.3 is 0 Å². The Morgan fingerprint density at radius 2 is 1.82 bits per heavy atom. The third-order valence-corrected chi connectivity index (χ3v) is 2.97. The summed E-state index contributed by atoms with van der Waals surface area (Å²) in [6, 6.07) is 9.09. The van der Waals surface area contributed by atoms with Crippen LogP contribution in [0.25, 0.3) is 16.8 Å². The molecule has 2 N–H and O–H groups in total. The van der Waals surface area contributed by atoms with Gasteiger partial charge in [-0.25, -0.2) is 0 Å². The summed E-state index contributed by atoms with van der Waals surface area (Å²) in [5, 5.41) is 1.78. The van der Waals surface area contributed by atoms with Crippen LogP contribution in [0.1, 0.15) is 15.9 Å². The van der Waals surface area contributed by atoms with Crippen LogP contribution in [0.5, 0.6) is 0 Å². The monoisotopic (exact) mass is 223 g/mol. The highest BCUT2D eigenvalue weighted by atomic mass is 16.2. The van der Waals surface area contributed by atoms with Crippen molar-refractivity contribution in [1.82, 2.24) is 0 Å². The molecule has 1 aliphatic carbocycles. The highest BCUT2D eigenvalue weighted by Gasteiger charge is 2.21. The van der Waals surface area contributed by atoms with Crippen molar-refractivity contribution in [2.24, 2.45) is 0 Å². The summed E-state index contributed by atoms with van der Waals surface area (Å²) in [5.41, 5.74) is 7.75. The second-order valence-corrected chi connectivity index (χ2v) is 4.03. The second-order valence-electron chi connectivity index (χ2n) is 4.03. The summed E-state index contributed by atoms with van der Waals surface area (Å²) in [6.07, 6.45) is 2.96. The number of ketones is 2. The van der Waals surface area contributed by atoms with Crippen molar-refractivity contribution in [1.29, 1.82) is 0 Å². The predicted molar refractivity (Wildman–Crippen MR) is 66.7 cm³/mol. The lowest BCUT2D eigenvalue weighted by molar-refractivity contribution is -0.110. The Hall–Kier alpha value is -2.42.